The number of phosphoric ester groups is 1. The normalized spacial score (nSPS) is 14.2. The smallest absolute Gasteiger partial charge is 0.456 e. The van der Waals surface area contributed by atoms with Gasteiger partial charge in [0.1, 0.15) is 19.3 Å². The number of nitrogens with zero attached hydrogens (tertiary/aromatic N) is 1. The van der Waals surface area contributed by atoms with Crippen molar-refractivity contribution in [3.05, 3.63) is 97.2 Å². The first-order chi connectivity index (χ1) is 39.9. The van der Waals surface area contributed by atoms with Gasteiger partial charge in [0, 0.05) is 12.8 Å². The number of phosphoric acid groups is 1. The number of quaternary nitrogens is 1. The highest BCUT2D eigenvalue weighted by Gasteiger charge is 2.30. The second-order valence-electron chi connectivity index (χ2n) is 24.0. The van der Waals surface area contributed by atoms with Gasteiger partial charge < -0.3 is 19.4 Å². The summed E-state index contributed by atoms with van der Waals surface area (Å²) in [6, 6.07) is -0.861. The number of hydrogen-bond donors (Lipinski definition) is 2. The summed E-state index contributed by atoms with van der Waals surface area (Å²) < 4.78 is 30.8. The van der Waals surface area contributed by atoms with Crippen LogP contribution >= 0.6 is 7.82 Å². The highest BCUT2D eigenvalue weighted by Crippen LogP contribution is 2.43. The van der Waals surface area contributed by atoms with E-state index in [1.807, 2.05) is 33.3 Å². The number of carbonyl (C=O) groups is 2. The summed E-state index contributed by atoms with van der Waals surface area (Å²) >= 11 is 0. The molecule has 0 rings (SSSR count). The molecule has 10 heteroatoms. The largest absolute Gasteiger partial charge is 0.472 e. The zero-order valence-corrected chi connectivity index (χ0v) is 55.1. The molecule has 82 heavy (non-hydrogen) atoms. The van der Waals surface area contributed by atoms with Crippen LogP contribution in [0.25, 0.3) is 0 Å². The zero-order valence-electron chi connectivity index (χ0n) is 54.2. The van der Waals surface area contributed by atoms with Crippen LogP contribution in [-0.2, 0) is 27.9 Å². The molecule has 0 fully saturated rings. The molecule has 0 bridgehead atoms. The molecule has 474 valence electrons. The summed E-state index contributed by atoms with van der Waals surface area (Å²) in [5.74, 6) is -0.522. The van der Waals surface area contributed by atoms with E-state index in [9.17, 15) is 19.0 Å². The minimum atomic E-state index is -4.46. The van der Waals surface area contributed by atoms with E-state index in [0.717, 1.165) is 128 Å². The number of rotatable bonds is 61. The van der Waals surface area contributed by atoms with E-state index >= 15 is 0 Å². The van der Waals surface area contributed by atoms with Crippen LogP contribution in [-0.4, -0.2) is 74.3 Å². The Balaban J connectivity index is 5.16. The fourth-order valence-electron chi connectivity index (χ4n) is 9.53. The average Bonchev–Trinajstić information content (AvgIpc) is 3.45. The van der Waals surface area contributed by atoms with Crippen molar-refractivity contribution in [1.29, 1.82) is 0 Å². The summed E-state index contributed by atoms with van der Waals surface area (Å²) in [5.41, 5.74) is 0. The monoisotopic (exact) mass is 1170 g/mol. The summed E-state index contributed by atoms with van der Waals surface area (Å²) in [4.78, 5) is 37.8. The minimum Gasteiger partial charge on any atom is -0.456 e. The molecule has 2 N–H and O–H groups in total. The Morgan fingerprint density at radius 2 is 0.780 bits per heavy atom. The van der Waals surface area contributed by atoms with Crippen molar-refractivity contribution >= 4 is 19.7 Å². The molecule has 9 nitrogen and oxygen atoms in total. The third-order valence-corrected chi connectivity index (χ3v) is 15.7. The van der Waals surface area contributed by atoms with Crippen LogP contribution in [0.3, 0.4) is 0 Å². The number of nitrogens with one attached hydrogen (secondary N) is 1. The molecule has 0 saturated carbocycles. The average molecular weight is 1170 g/mol. The van der Waals surface area contributed by atoms with Gasteiger partial charge in [-0.25, -0.2) is 4.57 Å². The van der Waals surface area contributed by atoms with Crippen LogP contribution in [0.2, 0.25) is 0 Å². The summed E-state index contributed by atoms with van der Waals surface area (Å²) in [5, 5.41) is 3.06. The van der Waals surface area contributed by atoms with Gasteiger partial charge in [-0.2, -0.15) is 0 Å². The maximum absolute atomic E-state index is 13.6. The third-order valence-electron chi connectivity index (χ3n) is 14.8. The van der Waals surface area contributed by atoms with Crippen LogP contribution in [0.4, 0.5) is 0 Å². The van der Waals surface area contributed by atoms with Gasteiger partial charge in [-0.1, -0.05) is 272 Å². The molecule has 0 aromatic carbocycles. The van der Waals surface area contributed by atoms with E-state index in [-0.39, 0.29) is 31.5 Å². The lowest BCUT2D eigenvalue weighted by atomic mass is 10.0. The number of likely N-dealkylation sites (N-methyl/N-ethyl adjacent to an activating group) is 1. The molecule has 0 aliphatic carbocycles. The lowest BCUT2D eigenvalue weighted by Crippen LogP contribution is -2.47. The molecule has 0 aromatic heterocycles. The van der Waals surface area contributed by atoms with Crippen molar-refractivity contribution in [2.45, 2.75) is 309 Å². The van der Waals surface area contributed by atoms with Gasteiger partial charge in [0.25, 0.3) is 0 Å². The van der Waals surface area contributed by atoms with Gasteiger partial charge in [0.15, 0.2) is 0 Å². The Morgan fingerprint density at radius 1 is 0.439 bits per heavy atom. The Labute approximate surface area is 507 Å². The van der Waals surface area contributed by atoms with Crippen molar-refractivity contribution in [2.24, 2.45) is 0 Å². The number of hydrogen-bond acceptors (Lipinski definition) is 6. The van der Waals surface area contributed by atoms with Crippen molar-refractivity contribution in [2.75, 3.05) is 40.9 Å². The summed E-state index contributed by atoms with van der Waals surface area (Å²) in [6.07, 6.45) is 82.6. The van der Waals surface area contributed by atoms with E-state index in [4.69, 9.17) is 13.8 Å². The van der Waals surface area contributed by atoms with Crippen LogP contribution < -0.4 is 5.32 Å². The molecular weight excluding hydrogens is 1040 g/mol. The lowest BCUT2D eigenvalue weighted by Gasteiger charge is -2.27. The van der Waals surface area contributed by atoms with Crippen LogP contribution in [0.15, 0.2) is 97.2 Å². The maximum Gasteiger partial charge on any atom is 0.472 e. The first-order valence-corrected chi connectivity index (χ1v) is 35.6. The number of ether oxygens (including phenoxy) is 1. The molecule has 0 aliphatic rings. The molecule has 0 heterocycles. The Hall–Kier alpha value is -3.07. The SMILES string of the molecule is CC/C=C\C/C=C\C/C=C\C/C=C\C/C=C\C/C=C\CCCCCCCCCCC(=O)OC(/C=C\CCCCCCCCCCCCC)C(COP(=O)(O)OCC[N+](C)(C)C)NC(=O)CCCCCCC/C=C/CCCCCCCCC. The molecule has 1 amide bonds. The highest BCUT2D eigenvalue weighted by atomic mass is 31.2. The molecule has 3 atom stereocenters. The minimum absolute atomic E-state index is 0.0339. The predicted octanol–water partition coefficient (Wildman–Crippen LogP) is 21.5. The predicted molar refractivity (Wildman–Crippen MR) is 355 cm³/mol. The van der Waals surface area contributed by atoms with Crippen molar-refractivity contribution in [1.82, 2.24) is 5.32 Å². The van der Waals surface area contributed by atoms with E-state index in [0.29, 0.717) is 17.4 Å². The Morgan fingerprint density at radius 3 is 1.18 bits per heavy atom. The van der Waals surface area contributed by atoms with Crippen LogP contribution in [0.1, 0.15) is 297 Å². The van der Waals surface area contributed by atoms with E-state index in [1.54, 1.807) is 0 Å². The number of unbranched alkanes of at least 4 members (excludes halogenated alkanes) is 31. The molecule has 3 unspecified atom stereocenters. The molecule has 0 radical (unpaired) electrons. The van der Waals surface area contributed by atoms with Crippen LogP contribution in [0, 0.1) is 0 Å². The van der Waals surface area contributed by atoms with Gasteiger partial charge in [-0.15, -0.1) is 0 Å². The Kier molecular flexibility index (Phi) is 58.7. The highest BCUT2D eigenvalue weighted by molar-refractivity contribution is 7.47. The second kappa shape index (κ2) is 61.0. The van der Waals surface area contributed by atoms with Gasteiger partial charge in [0.2, 0.25) is 5.91 Å². The molecule has 0 aliphatic heterocycles. The maximum atomic E-state index is 13.6. The topological polar surface area (TPSA) is 111 Å². The van der Waals surface area contributed by atoms with E-state index in [2.05, 4.69) is 111 Å². The van der Waals surface area contributed by atoms with Gasteiger partial charge in [-0.3, -0.25) is 18.6 Å². The second-order valence-corrected chi connectivity index (χ2v) is 25.4. The van der Waals surface area contributed by atoms with E-state index in [1.165, 1.54) is 135 Å². The molecule has 0 saturated heterocycles. The lowest BCUT2D eigenvalue weighted by molar-refractivity contribution is -0.870. The quantitative estimate of drug-likeness (QED) is 0.0205. The summed E-state index contributed by atoms with van der Waals surface area (Å²) in [6.45, 7) is 6.90. The van der Waals surface area contributed by atoms with Gasteiger partial charge >= 0.3 is 13.8 Å². The first kappa shape index (κ1) is 78.9. The molecule has 0 spiro atoms. The van der Waals surface area contributed by atoms with Gasteiger partial charge in [-0.05, 0) is 109 Å². The summed E-state index contributed by atoms with van der Waals surface area (Å²) in [7, 11) is 1.48. The number of allylic oxidation sites excluding steroid dienone is 15. The van der Waals surface area contributed by atoms with E-state index < -0.39 is 20.0 Å². The first-order valence-electron chi connectivity index (χ1n) is 34.1. The Bertz CT molecular complexity index is 1720. The molecular formula is C72H130N2O7P+. The van der Waals surface area contributed by atoms with Crippen molar-refractivity contribution in [3.8, 4) is 0 Å². The van der Waals surface area contributed by atoms with Gasteiger partial charge in [0.05, 0.1) is 33.8 Å². The van der Waals surface area contributed by atoms with Crippen LogP contribution in [0.5, 0.6) is 0 Å². The fourth-order valence-corrected chi connectivity index (χ4v) is 10.3. The zero-order chi connectivity index (χ0) is 60.0. The molecule has 0 aromatic rings. The third kappa shape index (κ3) is 61.5. The fraction of sp³-hybridized carbons (Fsp3) is 0.750. The van der Waals surface area contributed by atoms with Crippen molar-refractivity contribution in [3.63, 3.8) is 0 Å². The van der Waals surface area contributed by atoms with Crippen molar-refractivity contribution < 1.29 is 37.3 Å². The number of amides is 1. The number of esters is 1. The number of carbonyl (C=O) groups excluding carboxylic acids is 2. The standard InChI is InChI=1S/C72H129N2O7P/c1-7-10-13-16-19-22-25-28-30-32-33-34-35-36-37-38-39-40-41-42-44-47-50-53-56-59-62-65-72(76)81-70(63-60-57-54-51-48-45-27-24-21-18-15-12-9-3)69(68-80-82(77,78)79-67-66-74(4,5)6)73-71(75)64-61-58-55-52-49-46-43-31-29-26-23-20-17-14-11-8-2/h10,13,19,22,28,30-31,33-34,36-37,39-40,43,60,63,69-70H,7-9,11-12,14-18,20-21,23-27,29,32,35,38,41-42,44-59,61-62,64-68H2,1-6H3,(H-,73,75,77,78)/p+1/b13-10-,22-19-,30-28-,34-33-,37-36-,40-39-,43-31+,63-60-.